The average Bonchev–Trinajstić information content (AvgIpc) is 2.64. The number of nitrogens with zero attached hydrogens (tertiary/aromatic N) is 1. The monoisotopic (exact) mass is 327 g/mol. The van der Waals surface area contributed by atoms with Gasteiger partial charge in [0.15, 0.2) is 0 Å². The van der Waals surface area contributed by atoms with Crippen molar-refractivity contribution in [2.45, 2.75) is 12.2 Å². The van der Waals surface area contributed by atoms with E-state index < -0.39 is 6.10 Å². The number of benzene rings is 2. The van der Waals surface area contributed by atoms with Crippen LogP contribution in [0.3, 0.4) is 0 Å². The van der Waals surface area contributed by atoms with Gasteiger partial charge in [-0.15, -0.1) is 0 Å². The first-order valence-electron chi connectivity index (χ1n) is 8.52. The second kappa shape index (κ2) is 8.94. The maximum Gasteiger partial charge on any atom is 0.108 e. The summed E-state index contributed by atoms with van der Waals surface area (Å²) in [5.41, 5.74) is 2.20. The van der Waals surface area contributed by atoms with E-state index >= 15 is 0 Å². The van der Waals surface area contributed by atoms with Crippen molar-refractivity contribution >= 4 is 0 Å². The molecular weight excluding hydrogens is 302 g/mol. The molecule has 1 N–H and O–H groups in total. The van der Waals surface area contributed by atoms with E-state index in [0.29, 0.717) is 13.2 Å². The number of morpholine rings is 1. The third kappa shape index (κ3) is 4.89. The lowest BCUT2D eigenvalue weighted by molar-refractivity contribution is -0.0278. The Kier molecular flexibility index (Phi) is 6.38. The Morgan fingerprint density at radius 2 is 1.46 bits per heavy atom. The Hall–Kier alpha value is -1.72. The van der Waals surface area contributed by atoms with Gasteiger partial charge < -0.3 is 14.6 Å². The normalized spacial score (nSPS) is 17.1. The van der Waals surface area contributed by atoms with E-state index in [4.69, 9.17) is 9.47 Å². The minimum Gasteiger partial charge on any atom is -0.389 e. The first kappa shape index (κ1) is 17.1. The van der Waals surface area contributed by atoms with Crippen molar-refractivity contribution in [1.82, 2.24) is 4.90 Å². The predicted octanol–water partition coefficient (Wildman–Crippen LogP) is 2.49. The van der Waals surface area contributed by atoms with Gasteiger partial charge in [-0.3, -0.25) is 4.90 Å². The topological polar surface area (TPSA) is 41.9 Å². The van der Waals surface area contributed by atoms with Crippen LogP contribution in [0.15, 0.2) is 60.7 Å². The highest BCUT2D eigenvalue weighted by Crippen LogP contribution is 2.25. The van der Waals surface area contributed by atoms with Crippen LogP contribution in [0.2, 0.25) is 0 Å². The molecule has 1 aliphatic rings. The fourth-order valence-corrected chi connectivity index (χ4v) is 2.98. The number of aliphatic hydroxyl groups excluding tert-OH is 1. The molecule has 4 heteroatoms. The molecule has 3 rings (SSSR count). The SMILES string of the molecule is O[C@H](COC(c1ccccc1)c1ccccc1)CN1CCOCC1. The summed E-state index contributed by atoms with van der Waals surface area (Å²) >= 11 is 0. The van der Waals surface area contributed by atoms with Crippen molar-refractivity contribution in [1.29, 1.82) is 0 Å². The van der Waals surface area contributed by atoms with E-state index in [2.05, 4.69) is 29.2 Å². The lowest BCUT2D eigenvalue weighted by atomic mass is 10.0. The summed E-state index contributed by atoms with van der Waals surface area (Å²) in [6.45, 7) is 4.16. The highest BCUT2D eigenvalue weighted by atomic mass is 16.5. The van der Waals surface area contributed by atoms with Crippen molar-refractivity contribution in [3.05, 3.63) is 71.8 Å². The van der Waals surface area contributed by atoms with Crippen LogP contribution in [-0.4, -0.2) is 55.6 Å². The highest BCUT2D eigenvalue weighted by Gasteiger charge is 2.19. The van der Waals surface area contributed by atoms with E-state index in [1.165, 1.54) is 0 Å². The lowest BCUT2D eigenvalue weighted by Gasteiger charge is -2.29. The number of β-amino-alcohol motifs (C(OH)–C–C–N with tert-alkyl or cyclic N) is 1. The van der Waals surface area contributed by atoms with E-state index in [0.717, 1.165) is 37.4 Å². The molecule has 0 aromatic heterocycles. The van der Waals surface area contributed by atoms with Crippen LogP contribution in [0.4, 0.5) is 0 Å². The molecule has 0 bridgehead atoms. The molecule has 1 aliphatic heterocycles. The quantitative estimate of drug-likeness (QED) is 0.848. The maximum absolute atomic E-state index is 10.3. The number of hydrogen-bond donors (Lipinski definition) is 1. The van der Waals surface area contributed by atoms with Crippen LogP contribution < -0.4 is 0 Å². The van der Waals surface area contributed by atoms with E-state index in [1.54, 1.807) is 0 Å². The summed E-state index contributed by atoms with van der Waals surface area (Å²) in [6, 6.07) is 20.3. The average molecular weight is 327 g/mol. The zero-order valence-corrected chi connectivity index (χ0v) is 13.9. The molecule has 24 heavy (non-hydrogen) atoms. The smallest absolute Gasteiger partial charge is 0.108 e. The third-order valence-electron chi connectivity index (χ3n) is 4.23. The molecule has 2 aromatic carbocycles. The molecule has 1 atom stereocenters. The van der Waals surface area contributed by atoms with E-state index in [9.17, 15) is 5.11 Å². The Morgan fingerprint density at radius 3 is 2.00 bits per heavy atom. The van der Waals surface area contributed by atoms with E-state index in [1.807, 2.05) is 36.4 Å². The van der Waals surface area contributed by atoms with Crippen LogP contribution in [0.1, 0.15) is 17.2 Å². The van der Waals surface area contributed by atoms with Gasteiger partial charge in [-0.05, 0) is 11.1 Å². The van der Waals surface area contributed by atoms with Crippen molar-refractivity contribution in [3.63, 3.8) is 0 Å². The van der Waals surface area contributed by atoms with E-state index in [-0.39, 0.29) is 6.10 Å². The summed E-state index contributed by atoms with van der Waals surface area (Å²) in [5, 5.41) is 10.3. The van der Waals surface area contributed by atoms with Gasteiger partial charge in [-0.1, -0.05) is 60.7 Å². The minimum atomic E-state index is -0.502. The number of aliphatic hydroxyl groups is 1. The van der Waals surface area contributed by atoms with Crippen LogP contribution >= 0.6 is 0 Å². The summed E-state index contributed by atoms with van der Waals surface area (Å²) in [7, 11) is 0. The van der Waals surface area contributed by atoms with Crippen LogP contribution in [0.25, 0.3) is 0 Å². The molecule has 128 valence electrons. The molecule has 0 spiro atoms. The van der Waals surface area contributed by atoms with Gasteiger partial charge in [0.05, 0.1) is 25.9 Å². The number of rotatable bonds is 7. The van der Waals surface area contributed by atoms with Gasteiger partial charge >= 0.3 is 0 Å². The van der Waals surface area contributed by atoms with Crippen molar-refractivity contribution in [2.75, 3.05) is 39.5 Å². The third-order valence-corrected chi connectivity index (χ3v) is 4.23. The fraction of sp³-hybridized carbons (Fsp3) is 0.400. The molecule has 1 saturated heterocycles. The van der Waals surface area contributed by atoms with Crippen LogP contribution in [0.5, 0.6) is 0 Å². The molecule has 2 aromatic rings. The molecule has 1 heterocycles. The zero-order valence-electron chi connectivity index (χ0n) is 13.9. The van der Waals surface area contributed by atoms with Crippen molar-refractivity contribution < 1.29 is 14.6 Å². The van der Waals surface area contributed by atoms with Gasteiger partial charge in [-0.2, -0.15) is 0 Å². The standard InChI is InChI=1S/C20H25NO3/c22-19(15-21-11-13-23-14-12-21)16-24-20(17-7-3-1-4-8-17)18-9-5-2-6-10-18/h1-10,19-20,22H,11-16H2/t19-/m0/s1. The Bertz CT molecular complexity index is 545. The van der Waals surface area contributed by atoms with Gasteiger partial charge in [0, 0.05) is 19.6 Å². The Labute approximate surface area is 143 Å². The molecule has 1 fully saturated rings. The Morgan fingerprint density at radius 1 is 0.917 bits per heavy atom. The first-order chi connectivity index (χ1) is 11.8. The lowest BCUT2D eigenvalue weighted by Crippen LogP contribution is -2.42. The van der Waals surface area contributed by atoms with Crippen LogP contribution in [-0.2, 0) is 9.47 Å². The summed E-state index contributed by atoms with van der Waals surface area (Å²) in [5.74, 6) is 0. The van der Waals surface area contributed by atoms with Gasteiger partial charge in [0.25, 0.3) is 0 Å². The molecule has 0 radical (unpaired) electrons. The number of hydrogen-bond acceptors (Lipinski definition) is 4. The summed E-state index contributed by atoms with van der Waals surface area (Å²) in [4.78, 5) is 2.22. The highest BCUT2D eigenvalue weighted by molar-refractivity contribution is 5.29. The van der Waals surface area contributed by atoms with Gasteiger partial charge in [0.2, 0.25) is 0 Å². The fourth-order valence-electron chi connectivity index (χ4n) is 2.98. The molecule has 0 aliphatic carbocycles. The summed E-state index contributed by atoms with van der Waals surface area (Å²) in [6.07, 6.45) is -0.662. The molecule has 0 saturated carbocycles. The van der Waals surface area contributed by atoms with Crippen molar-refractivity contribution in [2.24, 2.45) is 0 Å². The first-order valence-corrected chi connectivity index (χ1v) is 8.52. The molecular formula is C20H25NO3. The largest absolute Gasteiger partial charge is 0.389 e. The van der Waals surface area contributed by atoms with Gasteiger partial charge in [-0.25, -0.2) is 0 Å². The molecule has 4 nitrogen and oxygen atoms in total. The second-order valence-corrected chi connectivity index (χ2v) is 6.10. The number of ether oxygens (including phenoxy) is 2. The summed E-state index contributed by atoms with van der Waals surface area (Å²) < 4.78 is 11.5. The zero-order chi connectivity index (χ0) is 16.6. The van der Waals surface area contributed by atoms with Gasteiger partial charge in [0.1, 0.15) is 6.10 Å². The minimum absolute atomic E-state index is 0.160. The van der Waals surface area contributed by atoms with Crippen LogP contribution in [0, 0.1) is 0 Å². The second-order valence-electron chi connectivity index (χ2n) is 6.10. The molecule has 0 unspecified atom stereocenters. The predicted molar refractivity (Wildman–Crippen MR) is 93.9 cm³/mol. The van der Waals surface area contributed by atoms with Crippen molar-refractivity contribution in [3.8, 4) is 0 Å². The molecule has 0 amide bonds. The maximum atomic E-state index is 10.3. The Balaban J connectivity index is 1.62.